The van der Waals surface area contributed by atoms with Crippen molar-refractivity contribution in [2.75, 3.05) is 12.4 Å². The molecule has 1 unspecified atom stereocenters. The Morgan fingerprint density at radius 2 is 1.93 bits per heavy atom. The third kappa shape index (κ3) is 3.29. The Balaban J connectivity index is 2.59. The van der Waals surface area contributed by atoms with Gasteiger partial charge in [-0.15, -0.1) is 11.6 Å². The average Bonchev–Trinajstić information content (AvgIpc) is 2.26. The maximum Gasteiger partial charge on any atom is 0.0912 e. The minimum absolute atomic E-state index is 0.265. The highest BCUT2D eigenvalue weighted by Gasteiger charge is 2.03. The van der Waals surface area contributed by atoms with Crippen molar-refractivity contribution in [3.63, 3.8) is 0 Å². The molecular formula is C11H16ClNO. The molecule has 0 fully saturated rings. The Bertz CT molecular complexity index is 260. The number of aliphatic hydroxyl groups is 1. The zero-order valence-electron chi connectivity index (χ0n) is 8.12. The fourth-order valence-corrected chi connectivity index (χ4v) is 1.45. The number of hydrogen-bond donors (Lipinski definition) is 2. The van der Waals surface area contributed by atoms with Gasteiger partial charge in [-0.3, -0.25) is 0 Å². The summed E-state index contributed by atoms with van der Waals surface area (Å²) in [4.78, 5) is 0. The van der Waals surface area contributed by atoms with Crippen LogP contribution in [0.2, 0.25) is 0 Å². The highest BCUT2D eigenvalue weighted by Crippen LogP contribution is 2.13. The molecular weight excluding hydrogens is 198 g/mol. The van der Waals surface area contributed by atoms with Crippen LogP contribution < -0.4 is 5.73 Å². The smallest absolute Gasteiger partial charge is 0.0912 e. The molecule has 0 aliphatic heterocycles. The highest BCUT2D eigenvalue weighted by atomic mass is 35.5. The lowest BCUT2D eigenvalue weighted by Crippen LogP contribution is -2.11. The van der Waals surface area contributed by atoms with Gasteiger partial charge in [0.1, 0.15) is 0 Å². The second-order valence-electron chi connectivity index (χ2n) is 3.29. The lowest BCUT2D eigenvalue weighted by molar-refractivity contribution is 0.186. The minimum atomic E-state index is -0.544. The van der Waals surface area contributed by atoms with Gasteiger partial charge in [0.05, 0.1) is 6.10 Å². The van der Waals surface area contributed by atoms with Crippen molar-refractivity contribution in [2.24, 2.45) is 5.73 Å². The van der Waals surface area contributed by atoms with Crippen molar-refractivity contribution in [3.8, 4) is 0 Å². The van der Waals surface area contributed by atoms with Crippen LogP contribution in [0.1, 0.15) is 23.7 Å². The number of alkyl halides is 1. The molecule has 0 saturated heterocycles. The molecule has 0 aliphatic rings. The summed E-state index contributed by atoms with van der Waals surface area (Å²) in [6.45, 7) is 0.265. The van der Waals surface area contributed by atoms with Gasteiger partial charge in [0.25, 0.3) is 0 Å². The largest absolute Gasteiger partial charge is 0.387 e. The zero-order chi connectivity index (χ0) is 10.4. The lowest BCUT2D eigenvalue weighted by atomic mass is 10.0. The number of rotatable bonds is 5. The molecule has 1 rings (SSSR count). The molecule has 3 heteroatoms. The number of aliphatic hydroxyl groups excluding tert-OH is 1. The first kappa shape index (κ1) is 11.5. The SMILES string of the molecule is NCC(O)c1ccc(CCCCl)cc1. The van der Waals surface area contributed by atoms with Gasteiger partial charge in [0.2, 0.25) is 0 Å². The maximum atomic E-state index is 9.45. The van der Waals surface area contributed by atoms with Crippen LogP contribution in [-0.4, -0.2) is 17.5 Å². The van der Waals surface area contributed by atoms with Gasteiger partial charge in [-0.05, 0) is 24.0 Å². The molecule has 0 spiro atoms. The number of hydrogen-bond acceptors (Lipinski definition) is 2. The molecule has 78 valence electrons. The van der Waals surface area contributed by atoms with Crippen molar-refractivity contribution in [3.05, 3.63) is 35.4 Å². The summed E-state index contributed by atoms with van der Waals surface area (Å²) in [5.74, 6) is 0.688. The van der Waals surface area contributed by atoms with Crippen LogP contribution in [0.3, 0.4) is 0 Å². The van der Waals surface area contributed by atoms with Gasteiger partial charge in [0.15, 0.2) is 0 Å². The fraction of sp³-hybridized carbons (Fsp3) is 0.455. The van der Waals surface area contributed by atoms with Gasteiger partial charge in [0, 0.05) is 12.4 Å². The molecule has 0 amide bonds. The third-order valence-corrected chi connectivity index (χ3v) is 2.45. The van der Waals surface area contributed by atoms with Crippen LogP contribution >= 0.6 is 11.6 Å². The molecule has 1 atom stereocenters. The summed E-state index contributed by atoms with van der Waals surface area (Å²) in [6.07, 6.45) is 1.43. The number of halogens is 1. The van der Waals surface area contributed by atoms with E-state index in [9.17, 15) is 5.11 Å². The van der Waals surface area contributed by atoms with E-state index in [4.69, 9.17) is 17.3 Å². The van der Waals surface area contributed by atoms with Crippen molar-refractivity contribution < 1.29 is 5.11 Å². The van der Waals surface area contributed by atoms with Gasteiger partial charge >= 0.3 is 0 Å². The standard InChI is InChI=1S/C11H16ClNO/c12-7-1-2-9-3-5-10(6-4-9)11(14)8-13/h3-6,11,14H,1-2,7-8,13H2. The number of benzene rings is 1. The van der Waals surface area contributed by atoms with E-state index >= 15 is 0 Å². The van der Waals surface area contributed by atoms with Crippen LogP contribution in [-0.2, 0) is 6.42 Å². The third-order valence-electron chi connectivity index (χ3n) is 2.19. The van der Waals surface area contributed by atoms with E-state index in [2.05, 4.69) is 0 Å². The van der Waals surface area contributed by atoms with Crippen LogP contribution in [0, 0.1) is 0 Å². The van der Waals surface area contributed by atoms with Crippen LogP contribution in [0.5, 0.6) is 0 Å². The molecule has 0 radical (unpaired) electrons. The summed E-state index contributed by atoms with van der Waals surface area (Å²) in [5.41, 5.74) is 7.48. The monoisotopic (exact) mass is 213 g/mol. The fourth-order valence-electron chi connectivity index (χ4n) is 1.31. The predicted molar refractivity (Wildman–Crippen MR) is 59.5 cm³/mol. The molecule has 0 bridgehead atoms. The van der Waals surface area contributed by atoms with Crippen molar-refractivity contribution in [2.45, 2.75) is 18.9 Å². The van der Waals surface area contributed by atoms with Gasteiger partial charge in [-0.25, -0.2) is 0 Å². The Labute approximate surface area is 89.7 Å². The first-order valence-electron chi connectivity index (χ1n) is 4.81. The van der Waals surface area contributed by atoms with Gasteiger partial charge < -0.3 is 10.8 Å². The molecule has 0 heterocycles. The summed E-state index contributed by atoms with van der Waals surface area (Å²) in [6, 6.07) is 7.86. The zero-order valence-corrected chi connectivity index (χ0v) is 8.87. The van der Waals surface area contributed by atoms with Crippen LogP contribution in [0.25, 0.3) is 0 Å². The van der Waals surface area contributed by atoms with Crippen LogP contribution in [0.4, 0.5) is 0 Å². The highest BCUT2D eigenvalue weighted by molar-refractivity contribution is 6.17. The van der Waals surface area contributed by atoms with E-state index in [0.717, 1.165) is 18.4 Å². The van der Waals surface area contributed by atoms with E-state index in [-0.39, 0.29) is 6.54 Å². The van der Waals surface area contributed by atoms with Gasteiger partial charge in [-0.1, -0.05) is 24.3 Å². The molecule has 0 saturated carbocycles. The maximum absolute atomic E-state index is 9.45. The predicted octanol–water partition coefficient (Wildman–Crippen LogP) is 1.85. The summed E-state index contributed by atoms with van der Waals surface area (Å²) >= 11 is 5.60. The minimum Gasteiger partial charge on any atom is -0.387 e. The molecule has 1 aromatic carbocycles. The second kappa shape index (κ2) is 6.02. The number of aryl methyl sites for hydroxylation is 1. The first-order valence-corrected chi connectivity index (χ1v) is 5.34. The molecule has 14 heavy (non-hydrogen) atoms. The lowest BCUT2D eigenvalue weighted by Gasteiger charge is -2.08. The summed E-state index contributed by atoms with van der Waals surface area (Å²) < 4.78 is 0. The molecule has 3 N–H and O–H groups in total. The first-order chi connectivity index (χ1) is 6.77. The summed E-state index contributed by atoms with van der Waals surface area (Å²) in [7, 11) is 0. The molecule has 1 aromatic rings. The topological polar surface area (TPSA) is 46.2 Å². The van der Waals surface area contributed by atoms with E-state index in [0.29, 0.717) is 5.88 Å². The van der Waals surface area contributed by atoms with E-state index in [1.807, 2.05) is 24.3 Å². The Morgan fingerprint density at radius 3 is 2.43 bits per heavy atom. The van der Waals surface area contributed by atoms with Crippen LogP contribution in [0.15, 0.2) is 24.3 Å². The second-order valence-corrected chi connectivity index (χ2v) is 3.66. The van der Waals surface area contributed by atoms with E-state index in [1.54, 1.807) is 0 Å². The number of nitrogens with two attached hydrogens (primary N) is 1. The Morgan fingerprint density at radius 1 is 1.29 bits per heavy atom. The Hall–Kier alpha value is -0.570. The van der Waals surface area contributed by atoms with Crippen molar-refractivity contribution >= 4 is 11.6 Å². The van der Waals surface area contributed by atoms with Crippen molar-refractivity contribution in [1.29, 1.82) is 0 Å². The van der Waals surface area contributed by atoms with Gasteiger partial charge in [-0.2, -0.15) is 0 Å². The molecule has 2 nitrogen and oxygen atoms in total. The Kier molecular flexibility index (Phi) is 4.94. The molecule has 0 aromatic heterocycles. The molecule has 0 aliphatic carbocycles. The van der Waals surface area contributed by atoms with E-state index in [1.165, 1.54) is 5.56 Å². The van der Waals surface area contributed by atoms with E-state index < -0.39 is 6.10 Å². The normalized spacial score (nSPS) is 12.8. The quantitative estimate of drug-likeness (QED) is 0.734. The average molecular weight is 214 g/mol. The summed E-state index contributed by atoms with van der Waals surface area (Å²) in [5, 5.41) is 9.45. The van der Waals surface area contributed by atoms with Crippen molar-refractivity contribution in [1.82, 2.24) is 0 Å².